The number of hydrogen-bond donors (Lipinski definition) is 1. The van der Waals surface area contributed by atoms with Gasteiger partial charge in [-0.05, 0) is 38.2 Å². The molecule has 0 bridgehead atoms. The average Bonchev–Trinajstić information content (AvgIpc) is 2.52. The highest BCUT2D eigenvalue weighted by Crippen LogP contribution is 2.24. The molecule has 0 radical (unpaired) electrons. The maximum absolute atomic E-state index is 8.52. The van der Waals surface area contributed by atoms with Crippen molar-refractivity contribution in [2.24, 2.45) is 0 Å². The predicted molar refractivity (Wildman–Crippen MR) is 90.0 cm³/mol. The zero-order valence-electron chi connectivity index (χ0n) is 13.6. The van der Waals surface area contributed by atoms with Crippen LogP contribution >= 0.6 is 0 Å². The van der Waals surface area contributed by atoms with E-state index in [1.165, 1.54) is 11.1 Å². The Kier molecular flexibility index (Phi) is 8.42. The number of rotatable bonds is 6. The van der Waals surface area contributed by atoms with Crippen molar-refractivity contribution in [1.29, 1.82) is 0 Å². The van der Waals surface area contributed by atoms with Crippen LogP contribution < -0.4 is 10.1 Å². The second kappa shape index (κ2) is 10.0. The molecule has 6 nitrogen and oxygen atoms in total. The fourth-order valence-corrected chi connectivity index (χ4v) is 2.02. The highest BCUT2D eigenvalue weighted by molar-refractivity contribution is 7.79. The molecule has 0 saturated heterocycles. The van der Waals surface area contributed by atoms with Crippen molar-refractivity contribution in [3.8, 4) is 5.75 Å². The number of nitrogens with one attached hydrogen (secondary N) is 1. The molecule has 0 spiro atoms. The van der Waals surface area contributed by atoms with Gasteiger partial charge < -0.3 is 19.2 Å². The van der Waals surface area contributed by atoms with Crippen molar-refractivity contribution in [2.45, 2.75) is 19.4 Å². The van der Waals surface area contributed by atoms with E-state index >= 15 is 0 Å². The summed E-state index contributed by atoms with van der Waals surface area (Å²) in [6.45, 7) is 3.02. The van der Waals surface area contributed by atoms with Gasteiger partial charge in [0, 0.05) is 16.8 Å². The minimum Gasteiger partial charge on any atom is -0.759 e. The lowest BCUT2D eigenvalue weighted by Gasteiger charge is -2.19. The zero-order valence-corrected chi connectivity index (χ0v) is 14.5. The predicted octanol–water partition coefficient (Wildman–Crippen LogP) is 2.39. The summed E-state index contributed by atoms with van der Waals surface area (Å²) in [6, 6.07) is 18.6. The zero-order chi connectivity index (χ0) is 18.0. The molecule has 2 aromatic rings. The van der Waals surface area contributed by atoms with Gasteiger partial charge in [0.1, 0.15) is 11.9 Å². The summed E-state index contributed by atoms with van der Waals surface area (Å²) < 4.78 is 40.2. The number of aryl methyl sites for hydroxylation is 1. The number of benzene rings is 2. The summed E-state index contributed by atoms with van der Waals surface area (Å²) >= 11 is 0. The first-order chi connectivity index (χ1) is 11.3. The van der Waals surface area contributed by atoms with Crippen molar-refractivity contribution in [2.75, 3.05) is 13.6 Å². The fourth-order valence-electron chi connectivity index (χ4n) is 2.02. The van der Waals surface area contributed by atoms with Crippen LogP contribution in [-0.4, -0.2) is 31.1 Å². The molecule has 0 amide bonds. The smallest absolute Gasteiger partial charge is 0.125 e. The number of ether oxygens (including phenoxy) is 1. The lowest BCUT2D eigenvalue weighted by molar-refractivity contribution is 0.195. The first-order valence-electron chi connectivity index (χ1n) is 7.39. The fraction of sp³-hybridized carbons (Fsp3) is 0.294. The van der Waals surface area contributed by atoms with Gasteiger partial charge in [-0.1, -0.05) is 48.0 Å². The molecule has 7 heteroatoms. The number of hydrogen-bond acceptors (Lipinski definition) is 6. The molecule has 0 aliphatic carbocycles. The molecule has 24 heavy (non-hydrogen) atoms. The van der Waals surface area contributed by atoms with Crippen LogP contribution in [0.4, 0.5) is 0 Å². The molecule has 0 heterocycles. The van der Waals surface area contributed by atoms with Crippen molar-refractivity contribution in [3.63, 3.8) is 0 Å². The molecule has 132 valence electrons. The molecule has 0 fully saturated rings. The average molecular weight is 351 g/mol. The molecule has 1 unspecified atom stereocenters. The van der Waals surface area contributed by atoms with Crippen LogP contribution in [0.25, 0.3) is 0 Å². The third-order valence-corrected chi connectivity index (χ3v) is 3.13. The SMILES string of the molecule is CNCCC(Oc1ccc(C)cc1)c1ccccc1.O=S(=O)([O-])[O-]. The maximum Gasteiger partial charge on any atom is 0.125 e. The molecule has 0 saturated carbocycles. The van der Waals surface area contributed by atoms with E-state index in [-0.39, 0.29) is 6.10 Å². The van der Waals surface area contributed by atoms with Crippen LogP contribution in [0.15, 0.2) is 54.6 Å². The van der Waals surface area contributed by atoms with Crippen molar-refractivity contribution in [1.82, 2.24) is 5.32 Å². The Morgan fingerprint density at radius 2 is 1.58 bits per heavy atom. The normalized spacial score (nSPS) is 12.0. The Hall–Kier alpha value is -1.93. The Balaban J connectivity index is 0.000000505. The van der Waals surface area contributed by atoms with Crippen LogP contribution in [0, 0.1) is 6.92 Å². The molecule has 2 aromatic carbocycles. The summed E-state index contributed by atoms with van der Waals surface area (Å²) in [4.78, 5) is 0. The summed E-state index contributed by atoms with van der Waals surface area (Å²) in [5.41, 5.74) is 2.47. The summed E-state index contributed by atoms with van der Waals surface area (Å²) in [6.07, 6.45) is 1.05. The Bertz CT molecular complexity index is 679. The van der Waals surface area contributed by atoms with E-state index in [1.54, 1.807) is 0 Å². The van der Waals surface area contributed by atoms with Crippen LogP contribution in [-0.2, 0) is 10.4 Å². The van der Waals surface area contributed by atoms with E-state index in [1.807, 2.05) is 25.2 Å². The van der Waals surface area contributed by atoms with Gasteiger partial charge in [-0.3, -0.25) is 8.42 Å². The molecular weight excluding hydrogens is 330 g/mol. The lowest BCUT2D eigenvalue weighted by atomic mass is 10.1. The Morgan fingerprint density at radius 3 is 2.08 bits per heavy atom. The minimum absolute atomic E-state index is 0.0938. The van der Waals surface area contributed by atoms with E-state index in [0.717, 1.165) is 18.7 Å². The molecule has 1 atom stereocenters. The topological polar surface area (TPSA) is 102 Å². The van der Waals surface area contributed by atoms with Crippen LogP contribution in [0.3, 0.4) is 0 Å². The van der Waals surface area contributed by atoms with Gasteiger partial charge in [0.15, 0.2) is 0 Å². The van der Waals surface area contributed by atoms with E-state index in [4.69, 9.17) is 22.3 Å². The van der Waals surface area contributed by atoms with Crippen molar-refractivity contribution < 1.29 is 22.3 Å². The second-order valence-electron chi connectivity index (χ2n) is 5.13. The highest BCUT2D eigenvalue weighted by Gasteiger charge is 2.12. The standard InChI is InChI=1S/C17H21NO.H2O4S/c1-14-8-10-16(11-9-14)19-17(12-13-18-2)15-6-4-3-5-7-15;1-5(2,3)4/h3-11,17-18H,12-13H2,1-2H3;(H2,1,2,3,4)/p-2. The van der Waals surface area contributed by atoms with E-state index < -0.39 is 10.4 Å². The largest absolute Gasteiger partial charge is 0.759 e. The molecule has 0 aromatic heterocycles. The van der Waals surface area contributed by atoms with Gasteiger partial charge in [-0.15, -0.1) is 0 Å². The lowest BCUT2D eigenvalue weighted by Crippen LogP contribution is -2.16. The van der Waals surface area contributed by atoms with Crippen molar-refractivity contribution >= 4 is 10.4 Å². The van der Waals surface area contributed by atoms with E-state index in [9.17, 15) is 0 Å². The quantitative estimate of drug-likeness (QED) is 0.633. The van der Waals surface area contributed by atoms with E-state index in [2.05, 4.69) is 48.6 Å². The summed E-state index contributed by atoms with van der Waals surface area (Å²) in [5.74, 6) is 0.926. The second-order valence-corrected chi connectivity index (χ2v) is 5.95. The van der Waals surface area contributed by atoms with Gasteiger partial charge in [0.25, 0.3) is 0 Å². The van der Waals surface area contributed by atoms with E-state index in [0.29, 0.717) is 0 Å². The summed E-state index contributed by atoms with van der Waals surface area (Å²) in [7, 11) is -3.20. The monoisotopic (exact) mass is 351 g/mol. The van der Waals surface area contributed by atoms with Gasteiger partial charge in [0.2, 0.25) is 0 Å². The van der Waals surface area contributed by atoms with Gasteiger partial charge in [-0.25, -0.2) is 0 Å². The molecular formula is C17H21NO5S-2. The van der Waals surface area contributed by atoms with Gasteiger partial charge in [-0.2, -0.15) is 0 Å². The molecule has 0 aliphatic rings. The molecule has 0 aliphatic heterocycles. The van der Waals surface area contributed by atoms with Gasteiger partial charge in [0.05, 0.1) is 0 Å². The third kappa shape index (κ3) is 9.26. The molecule has 1 N–H and O–H groups in total. The Labute approximate surface area is 143 Å². The third-order valence-electron chi connectivity index (χ3n) is 3.13. The van der Waals surface area contributed by atoms with Crippen LogP contribution in [0.1, 0.15) is 23.7 Å². The molecule has 2 rings (SSSR count). The maximum atomic E-state index is 8.52. The first kappa shape index (κ1) is 20.1. The highest BCUT2D eigenvalue weighted by atomic mass is 32.3. The van der Waals surface area contributed by atoms with Crippen LogP contribution in [0.2, 0.25) is 0 Å². The first-order valence-corrected chi connectivity index (χ1v) is 8.72. The Morgan fingerprint density at radius 1 is 1.04 bits per heavy atom. The van der Waals surface area contributed by atoms with Crippen molar-refractivity contribution in [3.05, 3.63) is 65.7 Å². The summed E-state index contributed by atoms with van der Waals surface area (Å²) in [5, 5.41) is 3.18. The van der Waals surface area contributed by atoms with Crippen LogP contribution in [0.5, 0.6) is 5.75 Å². The van der Waals surface area contributed by atoms with Gasteiger partial charge >= 0.3 is 0 Å². The minimum atomic E-state index is -5.17.